The van der Waals surface area contributed by atoms with Crippen LogP contribution < -0.4 is 16.8 Å². The maximum absolute atomic E-state index is 12.7. The van der Waals surface area contributed by atoms with E-state index in [0.717, 1.165) is 11.1 Å². The number of aliphatic imine (C=N–C) groups is 1. The second-order valence-electron chi connectivity index (χ2n) is 6.77. The molecule has 0 radical (unpaired) electrons. The van der Waals surface area contributed by atoms with E-state index in [1.165, 1.54) is 4.90 Å². The lowest BCUT2D eigenvalue weighted by atomic mass is 9.91. The molecule has 130 valence electrons. The molecule has 2 rings (SSSR count). The largest absolute Gasteiger partial charge is 0.369 e. The van der Waals surface area contributed by atoms with Gasteiger partial charge in [-0.1, -0.05) is 38.1 Å². The summed E-state index contributed by atoms with van der Waals surface area (Å²) < 4.78 is 0. The number of urea groups is 1. The molecular weight excluding hydrogens is 306 g/mol. The monoisotopic (exact) mass is 331 g/mol. The predicted octanol–water partition coefficient (Wildman–Crippen LogP) is 1.32. The Morgan fingerprint density at radius 1 is 1.29 bits per heavy atom. The highest BCUT2D eigenvalue weighted by atomic mass is 16.2. The van der Waals surface area contributed by atoms with Crippen molar-refractivity contribution < 1.29 is 9.59 Å². The van der Waals surface area contributed by atoms with Gasteiger partial charge in [0.1, 0.15) is 5.54 Å². The molecule has 1 aliphatic heterocycles. The highest BCUT2D eigenvalue weighted by molar-refractivity contribution is 6.06. The minimum absolute atomic E-state index is 0.0619. The standard InChI is InChI=1S/C17H25N5O2/c1-11(2)8-17(3)14(23)22(15(18)21-17)10-13-6-4-12(5-7-13)9-20-16(19)24/h4-7,11H,8-10H2,1-3H3,(H2,18,21)(H3,19,20,24). The van der Waals surface area contributed by atoms with Gasteiger partial charge in [0.25, 0.3) is 5.91 Å². The third-order valence-electron chi connectivity index (χ3n) is 3.98. The number of guanidine groups is 1. The predicted molar refractivity (Wildman–Crippen MR) is 92.9 cm³/mol. The van der Waals surface area contributed by atoms with Gasteiger partial charge in [0.2, 0.25) is 0 Å². The van der Waals surface area contributed by atoms with Crippen molar-refractivity contribution in [1.82, 2.24) is 10.2 Å². The van der Waals surface area contributed by atoms with Crippen LogP contribution in [-0.4, -0.2) is 28.3 Å². The Bertz CT molecular complexity index is 653. The van der Waals surface area contributed by atoms with Gasteiger partial charge in [-0.05, 0) is 30.4 Å². The molecule has 0 spiro atoms. The van der Waals surface area contributed by atoms with E-state index in [2.05, 4.69) is 24.2 Å². The molecule has 1 atom stereocenters. The molecular formula is C17H25N5O2. The van der Waals surface area contributed by atoms with Crippen LogP contribution in [0, 0.1) is 5.92 Å². The van der Waals surface area contributed by atoms with Gasteiger partial charge in [0.05, 0.1) is 6.54 Å². The van der Waals surface area contributed by atoms with Crippen molar-refractivity contribution in [3.8, 4) is 0 Å². The molecule has 0 saturated heterocycles. The zero-order valence-corrected chi connectivity index (χ0v) is 14.4. The first-order valence-electron chi connectivity index (χ1n) is 7.99. The van der Waals surface area contributed by atoms with Crippen molar-refractivity contribution in [3.05, 3.63) is 35.4 Å². The molecule has 24 heavy (non-hydrogen) atoms. The Morgan fingerprint density at radius 3 is 2.42 bits per heavy atom. The van der Waals surface area contributed by atoms with Crippen LogP contribution in [-0.2, 0) is 17.9 Å². The normalized spacial score (nSPS) is 20.4. The van der Waals surface area contributed by atoms with Crippen LogP contribution in [0.25, 0.3) is 0 Å². The van der Waals surface area contributed by atoms with Crippen molar-refractivity contribution in [2.75, 3.05) is 0 Å². The second-order valence-corrected chi connectivity index (χ2v) is 6.77. The van der Waals surface area contributed by atoms with Crippen LogP contribution in [0.1, 0.15) is 38.3 Å². The molecule has 1 aromatic rings. The van der Waals surface area contributed by atoms with E-state index in [1.807, 2.05) is 31.2 Å². The fourth-order valence-corrected chi connectivity index (χ4v) is 2.97. The first-order chi connectivity index (χ1) is 11.2. The number of primary amides is 1. The summed E-state index contributed by atoms with van der Waals surface area (Å²) in [6.45, 7) is 6.71. The third kappa shape index (κ3) is 4.04. The molecule has 1 unspecified atom stereocenters. The lowest BCUT2D eigenvalue weighted by molar-refractivity contribution is -0.131. The van der Waals surface area contributed by atoms with Crippen molar-refractivity contribution >= 4 is 17.9 Å². The Balaban J connectivity index is 2.05. The Labute approximate surface area is 142 Å². The number of benzene rings is 1. The van der Waals surface area contributed by atoms with Gasteiger partial charge in [-0.15, -0.1) is 0 Å². The zero-order chi connectivity index (χ0) is 17.9. The van der Waals surface area contributed by atoms with Crippen molar-refractivity contribution in [1.29, 1.82) is 0 Å². The van der Waals surface area contributed by atoms with E-state index in [4.69, 9.17) is 11.5 Å². The van der Waals surface area contributed by atoms with Crippen LogP contribution in [0.15, 0.2) is 29.3 Å². The molecule has 7 nitrogen and oxygen atoms in total. The SMILES string of the molecule is CC(C)CC1(C)N=C(N)N(Cc2ccc(CNC(N)=O)cc2)C1=O. The van der Waals surface area contributed by atoms with Crippen LogP contribution in [0.2, 0.25) is 0 Å². The number of carbonyl (C=O) groups excluding carboxylic acids is 2. The molecule has 5 N–H and O–H groups in total. The average Bonchev–Trinajstić information content (AvgIpc) is 2.69. The van der Waals surface area contributed by atoms with Crippen molar-refractivity contribution in [2.24, 2.45) is 22.4 Å². The smallest absolute Gasteiger partial charge is 0.312 e. The quantitative estimate of drug-likeness (QED) is 0.730. The molecule has 1 aromatic carbocycles. The summed E-state index contributed by atoms with van der Waals surface area (Å²) in [6, 6.07) is 7.00. The van der Waals surface area contributed by atoms with Crippen LogP contribution in [0.4, 0.5) is 4.79 Å². The lowest BCUT2D eigenvalue weighted by Gasteiger charge is -2.23. The van der Waals surface area contributed by atoms with Gasteiger partial charge in [0.15, 0.2) is 5.96 Å². The summed E-state index contributed by atoms with van der Waals surface area (Å²) in [4.78, 5) is 29.3. The van der Waals surface area contributed by atoms with E-state index >= 15 is 0 Å². The van der Waals surface area contributed by atoms with Crippen molar-refractivity contribution in [3.63, 3.8) is 0 Å². The van der Waals surface area contributed by atoms with Gasteiger partial charge >= 0.3 is 6.03 Å². The highest BCUT2D eigenvalue weighted by Crippen LogP contribution is 2.29. The lowest BCUT2D eigenvalue weighted by Crippen LogP contribution is -2.43. The molecule has 0 saturated carbocycles. The van der Waals surface area contributed by atoms with E-state index < -0.39 is 11.6 Å². The fourth-order valence-electron chi connectivity index (χ4n) is 2.97. The van der Waals surface area contributed by atoms with E-state index in [9.17, 15) is 9.59 Å². The summed E-state index contributed by atoms with van der Waals surface area (Å²) in [5.74, 6) is 0.559. The maximum Gasteiger partial charge on any atom is 0.312 e. The van der Waals surface area contributed by atoms with Crippen LogP contribution in [0.3, 0.4) is 0 Å². The number of hydrogen-bond donors (Lipinski definition) is 3. The number of hydrogen-bond acceptors (Lipinski definition) is 4. The Hall–Kier alpha value is -2.57. The van der Waals surface area contributed by atoms with Gasteiger partial charge in [-0.3, -0.25) is 9.69 Å². The molecule has 0 fully saturated rings. The molecule has 7 heteroatoms. The molecule has 0 bridgehead atoms. The summed E-state index contributed by atoms with van der Waals surface area (Å²) >= 11 is 0. The number of nitrogens with one attached hydrogen (secondary N) is 1. The minimum Gasteiger partial charge on any atom is -0.369 e. The Kier molecular flexibility index (Phi) is 5.11. The van der Waals surface area contributed by atoms with Gasteiger partial charge < -0.3 is 16.8 Å². The molecule has 3 amide bonds. The van der Waals surface area contributed by atoms with Crippen LogP contribution >= 0.6 is 0 Å². The summed E-state index contributed by atoms with van der Waals surface area (Å²) in [6.07, 6.45) is 0.667. The third-order valence-corrected chi connectivity index (χ3v) is 3.98. The second kappa shape index (κ2) is 6.90. The van der Waals surface area contributed by atoms with Crippen LogP contribution in [0.5, 0.6) is 0 Å². The first kappa shape index (κ1) is 17.8. The molecule has 0 aliphatic carbocycles. The number of carbonyl (C=O) groups is 2. The number of rotatable bonds is 6. The number of nitrogens with two attached hydrogens (primary N) is 2. The van der Waals surface area contributed by atoms with Gasteiger partial charge in [-0.25, -0.2) is 9.79 Å². The number of amides is 3. The van der Waals surface area contributed by atoms with E-state index in [1.54, 1.807) is 0 Å². The Morgan fingerprint density at radius 2 is 1.88 bits per heavy atom. The summed E-state index contributed by atoms with van der Waals surface area (Å²) in [5, 5.41) is 2.53. The average molecular weight is 331 g/mol. The highest BCUT2D eigenvalue weighted by Gasteiger charge is 2.43. The topological polar surface area (TPSA) is 114 Å². The number of nitrogens with zero attached hydrogens (tertiary/aromatic N) is 2. The van der Waals surface area contributed by atoms with Gasteiger partial charge in [-0.2, -0.15) is 0 Å². The van der Waals surface area contributed by atoms with E-state index in [-0.39, 0.29) is 11.9 Å². The first-order valence-corrected chi connectivity index (χ1v) is 7.99. The zero-order valence-electron chi connectivity index (χ0n) is 14.4. The molecule has 1 heterocycles. The van der Waals surface area contributed by atoms with Crippen molar-refractivity contribution in [2.45, 2.75) is 45.8 Å². The molecule has 1 aliphatic rings. The summed E-state index contributed by atoms with van der Waals surface area (Å²) in [5.41, 5.74) is 12.1. The molecule has 0 aromatic heterocycles. The maximum atomic E-state index is 12.7. The summed E-state index contributed by atoms with van der Waals surface area (Å²) in [7, 11) is 0. The van der Waals surface area contributed by atoms with E-state index in [0.29, 0.717) is 25.4 Å². The fraction of sp³-hybridized carbons (Fsp3) is 0.471. The van der Waals surface area contributed by atoms with Gasteiger partial charge in [0, 0.05) is 6.54 Å². The minimum atomic E-state index is -0.774.